The van der Waals surface area contributed by atoms with Gasteiger partial charge in [0.05, 0.1) is 19.8 Å². The zero-order chi connectivity index (χ0) is 33.4. The second-order valence-electron chi connectivity index (χ2n) is 10.9. The van der Waals surface area contributed by atoms with Gasteiger partial charge in [-0.25, -0.2) is 4.57 Å². The second-order valence-corrected chi connectivity index (χ2v) is 12.4. The lowest BCUT2D eigenvalue weighted by Gasteiger charge is -2.20. The van der Waals surface area contributed by atoms with Gasteiger partial charge in [0.2, 0.25) is 0 Å². The molecule has 0 aliphatic rings. The van der Waals surface area contributed by atoms with Gasteiger partial charge in [-0.05, 0) is 38.5 Å². The van der Waals surface area contributed by atoms with Crippen molar-refractivity contribution >= 4 is 19.8 Å². The Morgan fingerprint density at radius 1 is 0.733 bits per heavy atom. The van der Waals surface area contributed by atoms with Crippen LogP contribution in [0.5, 0.6) is 0 Å². The van der Waals surface area contributed by atoms with Crippen molar-refractivity contribution in [2.75, 3.05) is 26.4 Å². The van der Waals surface area contributed by atoms with E-state index in [4.69, 9.17) is 24.8 Å². The fourth-order valence-electron chi connectivity index (χ4n) is 4.03. The Morgan fingerprint density at radius 2 is 1.24 bits per heavy atom. The number of carboxylic acid groups (broad SMARTS) is 1. The molecule has 0 aromatic rings. The number of nitrogens with two attached hydrogens (primary N) is 1. The Bertz CT molecular complexity index is 904. The van der Waals surface area contributed by atoms with Gasteiger partial charge in [0, 0.05) is 13.0 Å². The summed E-state index contributed by atoms with van der Waals surface area (Å²) in [5.74, 6) is -1.87. The number of phosphoric ester groups is 1. The number of hydrogen-bond donors (Lipinski definition) is 3. The SMILES string of the molecule is CC/C=C\C/C=C\C/C=C\C/C=C\CCC(=O)OC(COCCCCCCCCCCCC)COP(=O)(O)OCC(N)C(=O)O. The number of allylic oxidation sites excluding steroid dienone is 8. The van der Waals surface area contributed by atoms with E-state index >= 15 is 0 Å². The van der Waals surface area contributed by atoms with Crippen molar-refractivity contribution in [1.29, 1.82) is 0 Å². The minimum absolute atomic E-state index is 0.0121. The van der Waals surface area contributed by atoms with Crippen LogP contribution < -0.4 is 5.73 Å². The number of rotatable bonds is 31. The van der Waals surface area contributed by atoms with Gasteiger partial charge in [-0.2, -0.15) is 0 Å². The van der Waals surface area contributed by atoms with Gasteiger partial charge in [0.15, 0.2) is 0 Å². The number of esters is 1. The van der Waals surface area contributed by atoms with E-state index in [0.717, 1.165) is 44.9 Å². The molecule has 0 saturated heterocycles. The third kappa shape index (κ3) is 30.4. The Balaban J connectivity index is 4.51. The molecule has 0 fully saturated rings. The Labute approximate surface area is 271 Å². The second kappa shape index (κ2) is 30.6. The Kier molecular flexibility index (Phi) is 29.2. The summed E-state index contributed by atoms with van der Waals surface area (Å²) in [5.41, 5.74) is 5.31. The van der Waals surface area contributed by atoms with Crippen molar-refractivity contribution in [3.05, 3.63) is 48.6 Å². The van der Waals surface area contributed by atoms with Gasteiger partial charge >= 0.3 is 19.8 Å². The van der Waals surface area contributed by atoms with E-state index in [1.165, 1.54) is 44.9 Å². The number of ether oxygens (including phenoxy) is 2. The number of carbonyl (C=O) groups is 2. The lowest BCUT2D eigenvalue weighted by Crippen LogP contribution is -2.34. The third-order valence-electron chi connectivity index (χ3n) is 6.64. The highest BCUT2D eigenvalue weighted by atomic mass is 31.2. The van der Waals surface area contributed by atoms with Crippen LogP contribution in [0.15, 0.2) is 48.6 Å². The van der Waals surface area contributed by atoms with E-state index in [9.17, 15) is 19.0 Å². The van der Waals surface area contributed by atoms with Gasteiger partial charge < -0.3 is 25.2 Å². The largest absolute Gasteiger partial charge is 0.480 e. The summed E-state index contributed by atoms with van der Waals surface area (Å²) >= 11 is 0. The van der Waals surface area contributed by atoms with Crippen molar-refractivity contribution in [2.24, 2.45) is 5.73 Å². The minimum atomic E-state index is -4.62. The van der Waals surface area contributed by atoms with Crippen LogP contribution in [0.2, 0.25) is 0 Å². The van der Waals surface area contributed by atoms with Crippen LogP contribution in [-0.2, 0) is 32.7 Å². The fraction of sp³-hybridized carbons (Fsp3) is 0.706. The lowest BCUT2D eigenvalue weighted by atomic mass is 10.1. The van der Waals surface area contributed by atoms with E-state index in [0.29, 0.717) is 13.0 Å². The molecule has 0 rings (SSSR count). The quantitative estimate of drug-likeness (QED) is 0.0289. The molecule has 0 aliphatic heterocycles. The molecule has 0 aromatic heterocycles. The van der Waals surface area contributed by atoms with Gasteiger partial charge in [0.1, 0.15) is 12.1 Å². The maximum Gasteiger partial charge on any atom is 0.472 e. The Hall–Kier alpha value is -2.07. The Morgan fingerprint density at radius 3 is 1.80 bits per heavy atom. The van der Waals surface area contributed by atoms with E-state index in [1.54, 1.807) is 0 Å². The summed E-state index contributed by atoms with van der Waals surface area (Å²) in [6.07, 6.45) is 31.9. The average Bonchev–Trinajstić information content (AvgIpc) is 3.01. The molecule has 3 atom stereocenters. The molecule has 3 unspecified atom stereocenters. The van der Waals surface area contributed by atoms with Crippen molar-refractivity contribution < 1.29 is 42.7 Å². The molecular weight excluding hydrogens is 597 g/mol. The van der Waals surface area contributed by atoms with Crippen LogP contribution in [0.4, 0.5) is 0 Å². The summed E-state index contributed by atoms with van der Waals surface area (Å²) < 4.78 is 32.9. The minimum Gasteiger partial charge on any atom is -0.480 e. The molecule has 0 bridgehead atoms. The van der Waals surface area contributed by atoms with E-state index in [1.807, 2.05) is 12.2 Å². The van der Waals surface area contributed by atoms with Crippen molar-refractivity contribution in [3.8, 4) is 0 Å². The first-order chi connectivity index (χ1) is 21.7. The molecule has 0 spiro atoms. The highest BCUT2D eigenvalue weighted by Crippen LogP contribution is 2.43. The van der Waals surface area contributed by atoms with E-state index < -0.39 is 45.1 Å². The summed E-state index contributed by atoms with van der Waals surface area (Å²) in [5, 5.41) is 8.83. The number of aliphatic carboxylic acids is 1. The molecule has 0 aliphatic carbocycles. The molecule has 0 aromatic carbocycles. The average molecular weight is 658 g/mol. The maximum absolute atomic E-state index is 12.4. The first kappa shape index (κ1) is 42.9. The first-order valence-corrected chi connectivity index (χ1v) is 18.2. The van der Waals surface area contributed by atoms with Crippen LogP contribution >= 0.6 is 7.82 Å². The summed E-state index contributed by atoms with van der Waals surface area (Å²) in [6.45, 7) is 3.62. The lowest BCUT2D eigenvalue weighted by molar-refractivity contribution is -0.154. The standard InChI is InChI=1S/C34H60NO9P/c1-3-5-7-9-11-13-15-16-17-18-20-22-24-26-33(36)44-31(29-42-45(39,40)43-30-32(35)34(37)38)28-41-27-25-23-21-19-14-12-10-8-6-4-2/h5,7,11,13,16-17,20,22,31-32H,3-4,6,8-10,12,14-15,18-19,21,23-30,35H2,1-2H3,(H,37,38)(H,39,40)/b7-5-,13-11-,17-16-,22-20-. The normalized spacial score (nSPS) is 14.9. The molecule has 0 saturated carbocycles. The van der Waals surface area contributed by atoms with Crippen LogP contribution in [0.3, 0.4) is 0 Å². The third-order valence-corrected chi connectivity index (χ3v) is 7.59. The summed E-state index contributed by atoms with van der Waals surface area (Å²) in [6, 6.07) is -1.48. The van der Waals surface area contributed by atoms with E-state index in [2.05, 4.69) is 54.8 Å². The molecular formula is C34H60NO9P. The van der Waals surface area contributed by atoms with Gasteiger partial charge in [-0.15, -0.1) is 0 Å². The predicted octanol–water partition coefficient (Wildman–Crippen LogP) is 7.97. The number of unbranched alkanes of at least 4 members (excludes halogenated alkanes) is 9. The van der Waals surface area contributed by atoms with Gasteiger partial charge in [-0.3, -0.25) is 18.6 Å². The summed E-state index contributed by atoms with van der Waals surface area (Å²) in [7, 11) is -4.62. The smallest absolute Gasteiger partial charge is 0.472 e. The maximum atomic E-state index is 12.4. The predicted molar refractivity (Wildman–Crippen MR) is 180 cm³/mol. The van der Waals surface area contributed by atoms with Crippen LogP contribution in [0, 0.1) is 0 Å². The number of carboxylic acids is 1. The fourth-order valence-corrected chi connectivity index (χ4v) is 4.80. The molecule has 0 amide bonds. The molecule has 0 heterocycles. The monoisotopic (exact) mass is 657 g/mol. The van der Waals surface area contributed by atoms with Crippen LogP contribution in [0.25, 0.3) is 0 Å². The first-order valence-electron chi connectivity index (χ1n) is 16.7. The van der Waals surface area contributed by atoms with Gasteiger partial charge in [0.25, 0.3) is 0 Å². The van der Waals surface area contributed by atoms with Crippen molar-refractivity contribution in [3.63, 3.8) is 0 Å². The highest BCUT2D eigenvalue weighted by Gasteiger charge is 2.27. The number of carbonyl (C=O) groups excluding carboxylic acids is 1. The van der Waals surface area contributed by atoms with Crippen molar-refractivity contribution in [2.45, 2.75) is 129 Å². The number of hydrogen-bond acceptors (Lipinski definition) is 8. The summed E-state index contributed by atoms with van der Waals surface area (Å²) in [4.78, 5) is 33.2. The van der Waals surface area contributed by atoms with Crippen molar-refractivity contribution in [1.82, 2.24) is 0 Å². The van der Waals surface area contributed by atoms with E-state index in [-0.39, 0.29) is 13.0 Å². The molecule has 0 radical (unpaired) electrons. The van der Waals surface area contributed by atoms with Crippen LogP contribution in [-0.4, -0.2) is 60.5 Å². The molecule has 4 N–H and O–H groups in total. The highest BCUT2D eigenvalue weighted by molar-refractivity contribution is 7.47. The van der Waals surface area contributed by atoms with Crippen LogP contribution in [0.1, 0.15) is 117 Å². The molecule has 45 heavy (non-hydrogen) atoms. The zero-order valence-corrected chi connectivity index (χ0v) is 28.6. The molecule has 10 nitrogen and oxygen atoms in total. The van der Waals surface area contributed by atoms with Gasteiger partial charge in [-0.1, -0.05) is 120 Å². The molecule has 260 valence electrons. The zero-order valence-electron chi connectivity index (χ0n) is 27.7. The number of phosphoric acid groups is 1. The molecule has 11 heteroatoms. The topological polar surface area (TPSA) is 155 Å².